The molecule has 5 heteroatoms. The molecule has 2 N–H and O–H groups in total. The molecule has 1 unspecified atom stereocenters. The lowest BCUT2D eigenvalue weighted by atomic mass is 10.1. The fourth-order valence-electron chi connectivity index (χ4n) is 2.63. The van der Waals surface area contributed by atoms with E-state index in [4.69, 9.17) is 0 Å². The van der Waals surface area contributed by atoms with Gasteiger partial charge in [-0.05, 0) is 36.9 Å². The topological polar surface area (TPSA) is 57.3 Å². The Kier molecular flexibility index (Phi) is 3.58. The van der Waals surface area contributed by atoms with Gasteiger partial charge in [0, 0.05) is 42.9 Å². The highest BCUT2D eigenvalue weighted by molar-refractivity contribution is 6.03. The summed E-state index contributed by atoms with van der Waals surface area (Å²) in [6.07, 6.45) is 3.59. The summed E-state index contributed by atoms with van der Waals surface area (Å²) in [6.45, 7) is 0.796. The number of fused-ring (bicyclic) bond motifs is 1. The lowest BCUT2D eigenvalue weighted by Gasteiger charge is -2.20. The van der Waals surface area contributed by atoms with E-state index in [1.807, 2.05) is 37.4 Å². The number of hydrogen-bond acceptors (Lipinski definition) is 4. The standard InChI is InChI=1S/C16H18N4O/c1-17-15-13-4-3-12(9-14(13)19-16(15)21)20(2)10-11-5-7-18-8-6-11/h3-9,15,17H,10H2,1-2H3,(H,19,21). The number of carbonyl (C=O) groups excluding carboxylic acids is 1. The minimum Gasteiger partial charge on any atom is -0.370 e. The van der Waals surface area contributed by atoms with Crippen molar-refractivity contribution >= 4 is 17.3 Å². The number of hydrogen-bond donors (Lipinski definition) is 2. The number of rotatable bonds is 4. The van der Waals surface area contributed by atoms with Crippen LogP contribution < -0.4 is 15.5 Å². The molecule has 1 aliphatic rings. The van der Waals surface area contributed by atoms with Crippen molar-refractivity contribution in [1.82, 2.24) is 10.3 Å². The van der Waals surface area contributed by atoms with Gasteiger partial charge in [0.1, 0.15) is 6.04 Å². The predicted octanol–water partition coefficient (Wildman–Crippen LogP) is 1.93. The molecular weight excluding hydrogens is 264 g/mol. The van der Waals surface area contributed by atoms with Crippen LogP contribution in [-0.2, 0) is 11.3 Å². The van der Waals surface area contributed by atoms with Crippen LogP contribution in [0.15, 0.2) is 42.7 Å². The van der Waals surface area contributed by atoms with E-state index < -0.39 is 0 Å². The monoisotopic (exact) mass is 282 g/mol. The van der Waals surface area contributed by atoms with Gasteiger partial charge in [0.15, 0.2) is 0 Å². The Bertz CT molecular complexity index is 657. The number of nitrogens with one attached hydrogen (secondary N) is 2. The van der Waals surface area contributed by atoms with Gasteiger partial charge >= 0.3 is 0 Å². The highest BCUT2D eigenvalue weighted by Crippen LogP contribution is 2.33. The number of likely N-dealkylation sites (N-methyl/N-ethyl adjacent to an activating group) is 1. The lowest BCUT2D eigenvalue weighted by Crippen LogP contribution is -2.23. The number of benzene rings is 1. The van der Waals surface area contributed by atoms with E-state index in [9.17, 15) is 4.79 Å². The van der Waals surface area contributed by atoms with Crippen molar-refractivity contribution < 1.29 is 4.79 Å². The van der Waals surface area contributed by atoms with Crippen molar-refractivity contribution in [1.29, 1.82) is 0 Å². The SMILES string of the molecule is CNC1C(=O)Nc2cc(N(C)Cc3ccncc3)ccc21. The van der Waals surface area contributed by atoms with Crippen LogP contribution in [0.3, 0.4) is 0 Å². The van der Waals surface area contributed by atoms with E-state index >= 15 is 0 Å². The zero-order valence-electron chi connectivity index (χ0n) is 12.1. The largest absolute Gasteiger partial charge is 0.370 e. The summed E-state index contributed by atoms with van der Waals surface area (Å²) in [5.74, 6) is 0.00133. The summed E-state index contributed by atoms with van der Waals surface area (Å²) in [5.41, 5.74) is 4.16. The normalized spacial score (nSPS) is 16.5. The predicted molar refractivity (Wildman–Crippen MR) is 83.2 cm³/mol. The number of nitrogens with zero attached hydrogens (tertiary/aromatic N) is 2. The molecule has 0 fully saturated rings. The third-order valence-corrected chi connectivity index (χ3v) is 3.77. The van der Waals surface area contributed by atoms with Crippen LogP contribution in [-0.4, -0.2) is 25.0 Å². The fraction of sp³-hybridized carbons (Fsp3) is 0.250. The van der Waals surface area contributed by atoms with E-state index in [0.29, 0.717) is 0 Å². The van der Waals surface area contributed by atoms with E-state index in [2.05, 4.69) is 20.5 Å². The van der Waals surface area contributed by atoms with Gasteiger partial charge in [-0.1, -0.05) is 6.07 Å². The molecule has 1 aromatic heterocycles. The first kappa shape index (κ1) is 13.6. The maximum atomic E-state index is 11.8. The first-order valence-corrected chi connectivity index (χ1v) is 6.91. The zero-order chi connectivity index (χ0) is 14.8. The van der Waals surface area contributed by atoms with E-state index in [0.717, 1.165) is 23.5 Å². The average molecular weight is 282 g/mol. The quantitative estimate of drug-likeness (QED) is 0.899. The second-order valence-electron chi connectivity index (χ2n) is 5.19. The van der Waals surface area contributed by atoms with Gasteiger partial charge in [0.05, 0.1) is 0 Å². The maximum Gasteiger partial charge on any atom is 0.246 e. The van der Waals surface area contributed by atoms with E-state index in [1.54, 1.807) is 19.4 Å². The highest BCUT2D eigenvalue weighted by atomic mass is 16.2. The molecular formula is C16H18N4O. The Labute approximate surface area is 124 Å². The Morgan fingerprint density at radius 3 is 2.76 bits per heavy atom. The summed E-state index contributed by atoms with van der Waals surface area (Å²) in [6, 6.07) is 9.83. The van der Waals surface area contributed by atoms with Gasteiger partial charge in [-0.25, -0.2) is 0 Å². The maximum absolute atomic E-state index is 11.8. The molecule has 0 spiro atoms. The summed E-state index contributed by atoms with van der Waals surface area (Å²) in [4.78, 5) is 18.0. The smallest absolute Gasteiger partial charge is 0.246 e. The van der Waals surface area contributed by atoms with Crippen LogP contribution in [0.5, 0.6) is 0 Å². The minimum absolute atomic E-state index is 0.00133. The molecule has 1 aliphatic heterocycles. The zero-order valence-corrected chi connectivity index (χ0v) is 12.1. The number of aromatic nitrogens is 1. The number of anilines is 2. The third kappa shape index (κ3) is 2.60. The van der Waals surface area contributed by atoms with Crippen LogP contribution >= 0.6 is 0 Å². The second kappa shape index (κ2) is 5.54. The summed E-state index contributed by atoms with van der Waals surface area (Å²) >= 11 is 0. The molecule has 0 radical (unpaired) electrons. The molecule has 0 aliphatic carbocycles. The van der Waals surface area contributed by atoms with E-state index in [-0.39, 0.29) is 11.9 Å². The summed E-state index contributed by atoms with van der Waals surface area (Å²) in [7, 11) is 3.83. The van der Waals surface area contributed by atoms with Crippen LogP contribution in [0.1, 0.15) is 17.2 Å². The van der Waals surface area contributed by atoms with Gasteiger partial charge < -0.3 is 15.5 Å². The van der Waals surface area contributed by atoms with Gasteiger partial charge in [-0.3, -0.25) is 9.78 Å². The first-order valence-electron chi connectivity index (χ1n) is 6.91. The Hall–Kier alpha value is -2.40. The summed E-state index contributed by atoms with van der Waals surface area (Å²) < 4.78 is 0. The Morgan fingerprint density at radius 1 is 1.29 bits per heavy atom. The highest BCUT2D eigenvalue weighted by Gasteiger charge is 2.29. The molecule has 2 aromatic rings. The molecule has 0 saturated carbocycles. The Balaban J connectivity index is 1.82. The van der Waals surface area contributed by atoms with Gasteiger partial charge in [-0.2, -0.15) is 0 Å². The summed E-state index contributed by atoms with van der Waals surface area (Å²) in [5, 5.41) is 5.95. The molecule has 1 amide bonds. The molecule has 1 aromatic carbocycles. The average Bonchev–Trinajstić information content (AvgIpc) is 2.82. The minimum atomic E-state index is -0.250. The van der Waals surface area contributed by atoms with Gasteiger partial charge in [-0.15, -0.1) is 0 Å². The molecule has 5 nitrogen and oxygen atoms in total. The molecule has 2 heterocycles. The third-order valence-electron chi connectivity index (χ3n) is 3.77. The Morgan fingerprint density at radius 2 is 2.05 bits per heavy atom. The van der Waals surface area contributed by atoms with Crippen molar-refractivity contribution in [2.24, 2.45) is 0 Å². The molecule has 108 valence electrons. The molecule has 1 atom stereocenters. The number of pyridine rings is 1. The van der Waals surface area contributed by atoms with Crippen LogP contribution in [0, 0.1) is 0 Å². The molecule has 21 heavy (non-hydrogen) atoms. The van der Waals surface area contributed by atoms with E-state index in [1.165, 1.54) is 5.56 Å². The molecule has 0 saturated heterocycles. The second-order valence-corrected chi connectivity index (χ2v) is 5.19. The van der Waals surface area contributed by atoms with Crippen LogP contribution in [0.4, 0.5) is 11.4 Å². The van der Waals surface area contributed by atoms with Crippen LogP contribution in [0.2, 0.25) is 0 Å². The van der Waals surface area contributed by atoms with Crippen molar-refractivity contribution in [3.8, 4) is 0 Å². The van der Waals surface area contributed by atoms with Crippen molar-refractivity contribution in [3.63, 3.8) is 0 Å². The van der Waals surface area contributed by atoms with Gasteiger partial charge in [0.25, 0.3) is 0 Å². The lowest BCUT2D eigenvalue weighted by molar-refractivity contribution is -0.117. The van der Waals surface area contributed by atoms with Crippen molar-refractivity contribution in [2.75, 3.05) is 24.3 Å². The molecule has 3 rings (SSSR count). The first-order chi connectivity index (χ1) is 10.2. The van der Waals surface area contributed by atoms with Crippen molar-refractivity contribution in [3.05, 3.63) is 53.9 Å². The molecule has 0 bridgehead atoms. The van der Waals surface area contributed by atoms with Crippen molar-refractivity contribution in [2.45, 2.75) is 12.6 Å². The number of carbonyl (C=O) groups is 1. The van der Waals surface area contributed by atoms with Gasteiger partial charge in [0.2, 0.25) is 5.91 Å². The van der Waals surface area contributed by atoms with Crippen LogP contribution in [0.25, 0.3) is 0 Å². The number of amides is 1. The fourth-order valence-corrected chi connectivity index (χ4v) is 2.63.